The Morgan fingerprint density at radius 1 is 0.775 bits per heavy atom. The van der Waals surface area contributed by atoms with Crippen molar-refractivity contribution in [3.63, 3.8) is 0 Å². The fraction of sp³-hybridized carbons (Fsp3) is 0.500. The van der Waals surface area contributed by atoms with Crippen molar-refractivity contribution in [3.05, 3.63) is 53.6 Å². The summed E-state index contributed by atoms with van der Waals surface area (Å²) in [6, 6.07) is 11.4. The standard InChI is InChI=1S/C30H41N3O7/c1-29(2,3)39-27(36)31-18-19-7-13-24(14-8-19)38-25-16-20(15-23(34)17-25)26(35)32-21-9-11-22(12-10-21)33-28(37)40-30(4,5)6/h7-8,13-17,21-22,34H,9-12,18H2,1-6H3,(H,31,36)(H,32,35)(H,33,37). The SMILES string of the molecule is CC(C)(C)OC(=O)NCc1ccc(Oc2cc(O)cc(C(=O)NC3CCC(NC(=O)OC(C)(C)C)CC3)c2)cc1. The largest absolute Gasteiger partial charge is 0.508 e. The smallest absolute Gasteiger partial charge is 0.407 e. The fourth-order valence-corrected chi connectivity index (χ4v) is 4.20. The Hall–Kier alpha value is -3.95. The van der Waals surface area contributed by atoms with Crippen LogP contribution in [0.3, 0.4) is 0 Å². The average Bonchev–Trinajstić information content (AvgIpc) is 2.82. The molecular weight excluding hydrogens is 514 g/mol. The summed E-state index contributed by atoms with van der Waals surface area (Å²) in [6.07, 6.45) is 1.94. The summed E-state index contributed by atoms with van der Waals surface area (Å²) in [5, 5.41) is 18.8. The van der Waals surface area contributed by atoms with Crippen molar-refractivity contribution in [2.45, 2.75) is 97.1 Å². The van der Waals surface area contributed by atoms with Crippen LogP contribution >= 0.6 is 0 Å². The highest BCUT2D eigenvalue weighted by Gasteiger charge is 2.26. The number of nitrogens with one attached hydrogen (secondary N) is 3. The van der Waals surface area contributed by atoms with Crippen LogP contribution in [0.4, 0.5) is 9.59 Å². The molecule has 0 heterocycles. The molecule has 1 aliphatic rings. The van der Waals surface area contributed by atoms with Crippen molar-refractivity contribution in [1.82, 2.24) is 16.0 Å². The number of hydrogen-bond donors (Lipinski definition) is 4. The number of carbonyl (C=O) groups is 3. The zero-order valence-corrected chi connectivity index (χ0v) is 24.1. The second-order valence-electron chi connectivity index (χ2n) is 12.0. The molecule has 218 valence electrons. The predicted molar refractivity (Wildman–Crippen MR) is 151 cm³/mol. The second-order valence-corrected chi connectivity index (χ2v) is 12.0. The summed E-state index contributed by atoms with van der Waals surface area (Å²) in [5.41, 5.74) is 0.00899. The number of ether oxygens (including phenoxy) is 3. The van der Waals surface area contributed by atoms with Gasteiger partial charge in [0.15, 0.2) is 0 Å². The van der Waals surface area contributed by atoms with Gasteiger partial charge in [0.05, 0.1) is 0 Å². The minimum absolute atomic E-state index is 0.00301. The van der Waals surface area contributed by atoms with Gasteiger partial charge in [-0.3, -0.25) is 4.79 Å². The molecule has 2 aromatic rings. The first kappa shape index (κ1) is 30.6. The van der Waals surface area contributed by atoms with E-state index in [1.165, 1.54) is 12.1 Å². The third kappa shape index (κ3) is 10.7. The first-order valence-electron chi connectivity index (χ1n) is 13.5. The van der Waals surface area contributed by atoms with Gasteiger partial charge < -0.3 is 35.3 Å². The Balaban J connectivity index is 1.50. The molecule has 10 heteroatoms. The second kappa shape index (κ2) is 12.9. The summed E-state index contributed by atoms with van der Waals surface area (Å²) in [6.45, 7) is 11.2. The van der Waals surface area contributed by atoms with Crippen molar-refractivity contribution in [2.24, 2.45) is 0 Å². The molecule has 0 unspecified atom stereocenters. The lowest BCUT2D eigenvalue weighted by molar-refractivity contribution is 0.0485. The number of phenols is 1. The molecule has 0 saturated heterocycles. The van der Waals surface area contributed by atoms with Crippen LogP contribution in [-0.2, 0) is 16.0 Å². The topological polar surface area (TPSA) is 135 Å². The van der Waals surface area contributed by atoms with Gasteiger partial charge in [-0.15, -0.1) is 0 Å². The summed E-state index contributed by atoms with van der Waals surface area (Å²) in [4.78, 5) is 36.8. The molecule has 0 aliphatic heterocycles. The number of rotatable bonds is 7. The van der Waals surface area contributed by atoms with Gasteiger partial charge in [-0.2, -0.15) is 0 Å². The molecule has 2 aromatic carbocycles. The molecule has 3 rings (SSSR count). The zero-order chi connectivity index (χ0) is 29.5. The van der Waals surface area contributed by atoms with E-state index in [1.54, 1.807) is 51.1 Å². The monoisotopic (exact) mass is 555 g/mol. The van der Waals surface area contributed by atoms with E-state index in [0.717, 1.165) is 18.4 Å². The minimum Gasteiger partial charge on any atom is -0.508 e. The van der Waals surface area contributed by atoms with Gasteiger partial charge in [-0.25, -0.2) is 9.59 Å². The highest BCUT2D eigenvalue weighted by Crippen LogP contribution is 2.28. The van der Waals surface area contributed by atoms with Crippen LogP contribution in [0.2, 0.25) is 0 Å². The van der Waals surface area contributed by atoms with E-state index in [4.69, 9.17) is 14.2 Å². The molecule has 0 aromatic heterocycles. The van der Waals surface area contributed by atoms with E-state index in [2.05, 4.69) is 16.0 Å². The number of amides is 3. The maximum absolute atomic E-state index is 12.9. The van der Waals surface area contributed by atoms with Crippen LogP contribution in [0.15, 0.2) is 42.5 Å². The Morgan fingerprint density at radius 3 is 1.90 bits per heavy atom. The van der Waals surface area contributed by atoms with Crippen LogP contribution in [0.5, 0.6) is 17.2 Å². The first-order chi connectivity index (χ1) is 18.6. The molecule has 10 nitrogen and oxygen atoms in total. The van der Waals surface area contributed by atoms with Gasteiger partial charge in [0.1, 0.15) is 28.5 Å². The maximum Gasteiger partial charge on any atom is 0.407 e. The van der Waals surface area contributed by atoms with E-state index in [1.807, 2.05) is 20.8 Å². The molecule has 40 heavy (non-hydrogen) atoms. The lowest BCUT2D eigenvalue weighted by Crippen LogP contribution is -2.45. The van der Waals surface area contributed by atoms with E-state index >= 15 is 0 Å². The van der Waals surface area contributed by atoms with Crippen molar-refractivity contribution < 1.29 is 33.7 Å². The molecule has 0 atom stereocenters. The molecular formula is C30H41N3O7. The molecule has 0 bridgehead atoms. The van der Waals surface area contributed by atoms with E-state index in [9.17, 15) is 19.5 Å². The fourth-order valence-electron chi connectivity index (χ4n) is 4.20. The predicted octanol–water partition coefficient (Wildman–Crippen LogP) is 5.77. The Bertz CT molecular complexity index is 1180. The van der Waals surface area contributed by atoms with Gasteiger partial charge in [0.25, 0.3) is 5.91 Å². The maximum atomic E-state index is 12.9. The van der Waals surface area contributed by atoms with Gasteiger partial charge in [-0.1, -0.05) is 12.1 Å². The van der Waals surface area contributed by atoms with Crippen LogP contribution in [0.1, 0.15) is 83.1 Å². The van der Waals surface area contributed by atoms with Crippen LogP contribution in [0, 0.1) is 0 Å². The van der Waals surface area contributed by atoms with Crippen molar-refractivity contribution in [3.8, 4) is 17.2 Å². The normalized spacial score (nSPS) is 17.4. The molecule has 1 aliphatic carbocycles. The molecule has 1 fully saturated rings. The minimum atomic E-state index is -0.570. The molecule has 1 saturated carbocycles. The summed E-state index contributed by atoms with van der Waals surface area (Å²) >= 11 is 0. The number of alkyl carbamates (subject to hydrolysis) is 2. The number of carbonyl (C=O) groups excluding carboxylic acids is 3. The van der Waals surface area contributed by atoms with Crippen molar-refractivity contribution >= 4 is 18.1 Å². The summed E-state index contributed by atoms with van der Waals surface area (Å²) in [7, 11) is 0. The molecule has 3 amide bonds. The molecule has 4 N–H and O–H groups in total. The number of benzene rings is 2. The third-order valence-corrected chi connectivity index (χ3v) is 5.93. The molecule has 0 radical (unpaired) electrons. The Morgan fingerprint density at radius 2 is 1.32 bits per heavy atom. The Labute approximate surface area is 235 Å². The first-order valence-corrected chi connectivity index (χ1v) is 13.5. The lowest BCUT2D eigenvalue weighted by Gasteiger charge is -2.30. The zero-order valence-electron chi connectivity index (χ0n) is 24.1. The van der Waals surface area contributed by atoms with Gasteiger partial charge in [-0.05, 0) is 97.1 Å². The quantitative estimate of drug-likeness (QED) is 0.340. The number of aromatic hydroxyl groups is 1. The lowest BCUT2D eigenvalue weighted by atomic mass is 9.91. The summed E-state index contributed by atoms with van der Waals surface area (Å²) in [5.74, 6) is 0.419. The average molecular weight is 556 g/mol. The van der Waals surface area contributed by atoms with E-state index < -0.39 is 23.4 Å². The highest BCUT2D eigenvalue weighted by atomic mass is 16.6. The van der Waals surface area contributed by atoms with Crippen LogP contribution < -0.4 is 20.7 Å². The Kier molecular flexibility index (Phi) is 9.89. The van der Waals surface area contributed by atoms with Crippen molar-refractivity contribution in [1.29, 1.82) is 0 Å². The molecule has 0 spiro atoms. The van der Waals surface area contributed by atoms with Gasteiger partial charge in [0.2, 0.25) is 0 Å². The van der Waals surface area contributed by atoms with Gasteiger partial charge >= 0.3 is 12.2 Å². The number of hydrogen-bond acceptors (Lipinski definition) is 7. The third-order valence-electron chi connectivity index (χ3n) is 5.93. The van der Waals surface area contributed by atoms with Crippen LogP contribution in [-0.4, -0.2) is 46.5 Å². The number of phenolic OH excluding ortho intramolecular Hbond substituents is 1. The summed E-state index contributed by atoms with van der Waals surface area (Å²) < 4.78 is 16.4. The van der Waals surface area contributed by atoms with Crippen LogP contribution in [0.25, 0.3) is 0 Å². The van der Waals surface area contributed by atoms with Crippen molar-refractivity contribution in [2.75, 3.05) is 0 Å². The highest BCUT2D eigenvalue weighted by molar-refractivity contribution is 5.95. The van der Waals surface area contributed by atoms with E-state index in [0.29, 0.717) is 30.9 Å². The van der Waals surface area contributed by atoms with E-state index in [-0.39, 0.29) is 29.3 Å². The van der Waals surface area contributed by atoms with Gasteiger partial charge in [0, 0.05) is 30.3 Å².